The highest BCUT2D eigenvalue weighted by atomic mass is 32.2. The predicted octanol–water partition coefficient (Wildman–Crippen LogP) is 3.12. The summed E-state index contributed by atoms with van der Waals surface area (Å²) in [6, 6.07) is 15.3. The first-order valence-electron chi connectivity index (χ1n) is 9.03. The van der Waals surface area contributed by atoms with E-state index in [0.29, 0.717) is 30.4 Å². The molecule has 1 N–H and O–H groups in total. The number of carbonyl (C=O) groups excluding carboxylic acids is 1. The molecule has 0 saturated carbocycles. The number of anilines is 1. The van der Waals surface area contributed by atoms with Crippen LogP contribution < -0.4 is 10.1 Å². The van der Waals surface area contributed by atoms with Crippen LogP contribution in [0.4, 0.5) is 5.69 Å². The summed E-state index contributed by atoms with van der Waals surface area (Å²) in [4.78, 5) is 12.2. The molecule has 1 fully saturated rings. The number of carbonyl (C=O) groups is 1. The second-order valence-corrected chi connectivity index (χ2v) is 8.72. The van der Waals surface area contributed by atoms with Crippen molar-refractivity contribution in [2.24, 2.45) is 5.92 Å². The number of para-hydroxylation sites is 1. The quantitative estimate of drug-likeness (QED) is 0.825. The second-order valence-electron chi connectivity index (χ2n) is 6.78. The van der Waals surface area contributed by atoms with E-state index in [9.17, 15) is 13.2 Å². The average Bonchev–Trinajstić information content (AvgIpc) is 2.68. The van der Waals surface area contributed by atoms with E-state index in [-0.39, 0.29) is 17.4 Å². The van der Waals surface area contributed by atoms with Gasteiger partial charge in [-0.25, -0.2) is 8.42 Å². The first-order valence-corrected chi connectivity index (χ1v) is 10.5. The summed E-state index contributed by atoms with van der Waals surface area (Å²) in [5.74, 6) is 0.681. The lowest BCUT2D eigenvalue weighted by atomic mass is 10.0. The van der Waals surface area contributed by atoms with Crippen molar-refractivity contribution in [1.82, 2.24) is 4.31 Å². The topological polar surface area (TPSA) is 75.7 Å². The van der Waals surface area contributed by atoms with Crippen LogP contribution in [0.2, 0.25) is 0 Å². The molecule has 1 aliphatic heterocycles. The second kappa shape index (κ2) is 8.54. The van der Waals surface area contributed by atoms with Gasteiger partial charge in [-0.05, 0) is 55.2 Å². The van der Waals surface area contributed by atoms with Crippen molar-refractivity contribution in [3.05, 3.63) is 54.6 Å². The fourth-order valence-corrected chi connectivity index (χ4v) is 4.68. The molecule has 7 heteroatoms. The van der Waals surface area contributed by atoms with Crippen LogP contribution in [0.25, 0.3) is 0 Å². The molecule has 27 heavy (non-hydrogen) atoms. The molecule has 0 bridgehead atoms. The summed E-state index contributed by atoms with van der Waals surface area (Å²) in [6.07, 6.45) is 1.94. The van der Waals surface area contributed by atoms with Crippen LogP contribution in [0.3, 0.4) is 0 Å². The average molecular weight is 388 g/mol. The van der Waals surface area contributed by atoms with E-state index in [2.05, 4.69) is 12.2 Å². The van der Waals surface area contributed by atoms with Gasteiger partial charge in [-0.2, -0.15) is 4.31 Å². The van der Waals surface area contributed by atoms with Crippen LogP contribution in [0.15, 0.2) is 59.5 Å². The highest BCUT2D eigenvalue weighted by Crippen LogP contribution is 2.24. The Kier molecular flexibility index (Phi) is 6.13. The first kappa shape index (κ1) is 19.4. The van der Waals surface area contributed by atoms with Gasteiger partial charge in [0.25, 0.3) is 5.91 Å². The number of hydrogen-bond donors (Lipinski definition) is 1. The highest BCUT2D eigenvalue weighted by molar-refractivity contribution is 7.89. The van der Waals surface area contributed by atoms with Crippen molar-refractivity contribution in [3.63, 3.8) is 0 Å². The molecular weight excluding hydrogens is 364 g/mol. The number of rotatable bonds is 6. The minimum absolute atomic E-state index is 0.115. The number of ether oxygens (including phenoxy) is 1. The third-order valence-electron chi connectivity index (χ3n) is 4.51. The van der Waals surface area contributed by atoms with Gasteiger partial charge in [0, 0.05) is 18.8 Å². The Morgan fingerprint density at radius 3 is 2.52 bits per heavy atom. The molecule has 1 saturated heterocycles. The van der Waals surface area contributed by atoms with Gasteiger partial charge in [-0.3, -0.25) is 4.79 Å². The minimum Gasteiger partial charge on any atom is -0.484 e. The van der Waals surface area contributed by atoms with Gasteiger partial charge < -0.3 is 10.1 Å². The molecule has 144 valence electrons. The van der Waals surface area contributed by atoms with E-state index in [1.807, 2.05) is 18.2 Å². The third-order valence-corrected chi connectivity index (χ3v) is 6.39. The zero-order valence-corrected chi connectivity index (χ0v) is 16.1. The fraction of sp³-hybridized carbons (Fsp3) is 0.350. The van der Waals surface area contributed by atoms with Crippen LogP contribution in [-0.4, -0.2) is 38.3 Å². The Morgan fingerprint density at radius 2 is 1.85 bits per heavy atom. The molecule has 1 atom stereocenters. The van der Waals surface area contributed by atoms with Gasteiger partial charge >= 0.3 is 0 Å². The smallest absolute Gasteiger partial charge is 0.262 e. The molecule has 0 aliphatic carbocycles. The lowest BCUT2D eigenvalue weighted by molar-refractivity contribution is -0.118. The number of nitrogens with zero attached hydrogens (tertiary/aromatic N) is 1. The molecule has 1 unspecified atom stereocenters. The number of nitrogens with one attached hydrogen (secondary N) is 1. The highest BCUT2D eigenvalue weighted by Gasteiger charge is 2.28. The van der Waals surface area contributed by atoms with Crippen LogP contribution in [0.5, 0.6) is 5.75 Å². The number of sulfonamides is 1. The molecule has 1 aliphatic rings. The number of hydrogen-bond acceptors (Lipinski definition) is 4. The van der Waals surface area contributed by atoms with Crippen LogP contribution in [-0.2, 0) is 14.8 Å². The van der Waals surface area contributed by atoms with Gasteiger partial charge in [0.1, 0.15) is 5.75 Å². The molecule has 0 spiro atoms. The normalized spacial score (nSPS) is 18.0. The molecule has 2 aromatic carbocycles. The van der Waals surface area contributed by atoms with Gasteiger partial charge in [-0.1, -0.05) is 25.1 Å². The van der Waals surface area contributed by atoms with E-state index in [1.54, 1.807) is 28.6 Å². The van der Waals surface area contributed by atoms with Crippen molar-refractivity contribution < 1.29 is 17.9 Å². The lowest BCUT2D eigenvalue weighted by Crippen LogP contribution is -2.39. The van der Waals surface area contributed by atoms with E-state index in [4.69, 9.17) is 4.74 Å². The van der Waals surface area contributed by atoms with Crippen molar-refractivity contribution in [3.8, 4) is 5.75 Å². The third kappa shape index (κ3) is 5.08. The van der Waals surface area contributed by atoms with E-state index < -0.39 is 10.0 Å². The van der Waals surface area contributed by atoms with Gasteiger partial charge in [0.2, 0.25) is 10.0 Å². The predicted molar refractivity (Wildman–Crippen MR) is 104 cm³/mol. The van der Waals surface area contributed by atoms with Crippen molar-refractivity contribution in [2.75, 3.05) is 25.0 Å². The molecular formula is C20H24N2O4S. The summed E-state index contributed by atoms with van der Waals surface area (Å²) in [5, 5.41) is 2.71. The number of benzene rings is 2. The summed E-state index contributed by atoms with van der Waals surface area (Å²) >= 11 is 0. The van der Waals surface area contributed by atoms with E-state index >= 15 is 0 Å². The number of piperidine rings is 1. The molecule has 1 heterocycles. The summed E-state index contributed by atoms with van der Waals surface area (Å²) in [7, 11) is -3.49. The summed E-state index contributed by atoms with van der Waals surface area (Å²) < 4.78 is 32.4. The van der Waals surface area contributed by atoms with Crippen LogP contribution >= 0.6 is 0 Å². The van der Waals surface area contributed by atoms with Crippen LogP contribution in [0, 0.1) is 5.92 Å². The molecule has 0 aromatic heterocycles. The maximum atomic E-state index is 12.7. The Labute approximate surface area is 160 Å². The maximum absolute atomic E-state index is 12.7. The van der Waals surface area contributed by atoms with Gasteiger partial charge in [0.05, 0.1) is 4.90 Å². The number of amides is 1. The van der Waals surface area contributed by atoms with Crippen molar-refractivity contribution in [1.29, 1.82) is 0 Å². The molecule has 6 nitrogen and oxygen atoms in total. The molecule has 2 aromatic rings. The van der Waals surface area contributed by atoms with Gasteiger partial charge in [0.15, 0.2) is 6.61 Å². The maximum Gasteiger partial charge on any atom is 0.262 e. The molecule has 1 amide bonds. The van der Waals surface area contributed by atoms with E-state index in [0.717, 1.165) is 12.8 Å². The van der Waals surface area contributed by atoms with Crippen molar-refractivity contribution in [2.45, 2.75) is 24.7 Å². The molecule has 0 radical (unpaired) electrons. The molecule has 3 rings (SSSR count). The summed E-state index contributed by atoms with van der Waals surface area (Å²) in [5.41, 5.74) is 0.530. The van der Waals surface area contributed by atoms with Crippen LogP contribution in [0.1, 0.15) is 19.8 Å². The minimum atomic E-state index is -3.49. The Balaban J connectivity index is 1.59. The zero-order chi connectivity index (χ0) is 19.3. The fourth-order valence-electron chi connectivity index (χ4n) is 3.09. The summed E-state index contributed by atoms with van der Waals surface area (Å²) in [6.45, 7) is 3.06. The lowest BCUT2D eigenvalue weighted by Gasteiger charge is -2.30. The van der Waals surface area contributed by atoms with Crippen molar-refractivity contribution >= 4 is 21.6 Å². The Bertz CT molecular complexity index is 867. The largest absolute Gasteiger partial charge is 0.484 e. The standard InChI is InChI=1S/C20H24N2O4S/c1-16-6-5-13-22(14-16)27(24,25)19-11-9-17(10-12-19)21-20(23)15-26-18-7-3-2-4-8-18/h2-4,7-12,16H,5-6,13-15H2,1H3,(H,21,23). The van der Waals surface area contributed by atoms with E-state index in [1.165, 1.54) is 12.1 Å². The Hall–Kier alpha value is -2.38. The Morgan fingerprint density at radius 1 is 1.15 bits per heavy atom. The van der Waals surface area contributed by atoms with Gasteiger partial charge in [-0.15, -0.1) is 0 Å². The monoisotopic (exact) mass is 388 g/mol. The first-order chi connectivity index (χ1) is 12.9. The SMILES string of the molecule is CC1CCCN(S(=O)(=O)c2ccc(NC(=O)COc3ccccc3)cc2)C1. The zero-order valence-electron chi connectivity index (χ0n) is 15.3.